The molecule has 1 aromatic rings. The van der Waals surface area contributed by atoms with Crippen LogP contribution in [0.3, 0.4) is 0 Å². The summed E-state index contributed by atoms with van der Waals surface area (Å²) in [6, 6.07) is 8.21. The third kappa shape index (κ3) is 7.00. The molecule has 3 nitrogen and oxygen atoms in total. The van der Waals surface area contributed by atoms with Gasteiger partial charge >= 0.3 is 0 Å². The van der Waals surface area contributed by atoms with Gasteiger partial charge in [0.15, 0.2) is 0 Å². The van der Waals surface area contributed by atoms with Crippen molar-refractivity contribution >= 4 is 6.72 Å². The summed E-state index contributed by atoms with van der Waals surface area (Å²) in [5, 5.41) is 9.51. The topological polar surface area (TPSA) is 41.8 Å². The molecule has 0 saturated heterocycles. The van der Waals surface area contributed by atoms with E-state index in [-0.39, 0.29) is 6.61 Å². The number of ether oxygens (including phenoxy) is 1. The summed E-state index contributed by atoms with van der Waals surface area (Å²) in [6.45, 7) is 12.4. The first-order chi connectivity index (χ1) is 11.0. The number of aryl methyl sites for hydroxylation is 1. The van der Waals surface area contributed by atoms with Crippen molar-refractivity contribution < 1.29 is 9.84 Å². The molecule has 0 aromatic heterocycles. The molecule has 0 heterocycles. The maximum absolute atomic E-state index is 9.51. The number of aliphatic imine (C=N–C) groups is 1. The molecule has 1 rings (SSSR count). The SMILES string of the molecule is C=NC(CC)(CO)CCc1ccc(OCCCCC(=C)C)cc1. The Hall–Kier alpha value is -1.61. The van der Waals surface area contributed by atoms with Crippen molar-refractivity contribution in [2.75, 3.05) is 13.2 Å². The van der Waals surface area contributed by atoms with E-state index in [1.807, 2.05) is 19.1 Å². The molecule has 0 aliphatic rings. The van der Waals surface area contributed by atoms with Gasteiger partial charge in [-0.1, -0.05) is 24.6 Å². The zero-order valence-electron chi connectivity index (χ0n) is 14.7. The molecule has 0 bridgehead atoms. The zero-order valence-corrected chi connectivity index (χ0v) is 14.7. The van der Waals surface area contributed by atoms with Crippen molar-refractivity contribution in [2.45, 2.75) is 57.9 Å². The Kier molecular flexibility index (Phi) is 8.64. The third-order valence-electron chi connectivity index (χ3n) is 4.36. The summed E-state index contributed by atoms with van der Waals surface area (Å²) in [4.78, 5) is 4.13. The van der Waals surface area contributed by atoms with Crippen molar-refractivity contribution in [1.82, 2.24) is 0 Å². The molecule has 0 amide bonds. The van der Waals surface area contributed by atoms with Gasteiger partial charge in [0, 0.05) is 0 Å². The highest BCUT2D eigenvalue weighted by Gasteiger charge is 2.24. The normalized spacial score (nSPS) is 13.3. The Labute approximate surface area is 141 Å². The molecule has 0 spiro atoms. The summed E-state index contributed by atoms with van der Waals surface area (Å²) in [6.07, 6.45) is 5.75. The Morgan fingerprint density at radius 1 is 1.26 bits per heavy atom. The number of nitrogens with zero attached hydrogens (tertiary/aromatic N) is 1. The van der Waals surface area contributed by atoms with Crippen molar-refractivity contribution in [3.05, 3.63) is 42.0 Å². The second kappa shape index (κ2) is 10.2. The zero-order chi connectivity index (χ0) is 17.1. The summed E-state index contributed by atoms with van der Waals surface area (Å²) in [5.41, 5.74) is 2.06. The first kappa shape index (κ1) is 19.4. The second-order valence-electron chi connectivity index (χ2n) is 6.30. The molecule has 0 radical (unpaired) electrons. The summed E-state index contributed by atoms with van der Waals surface area (Å²) < 4.78 is 5.75. The van der Waals surface area contributed by atoms with Crippen LogP contribution in [0.5, 0.6) is 5.75 Å². The minimum atomic E-state index is -0.404. The molecule has 1 aromatic carbocycles. The third-order valence-corrected chi connectivity index (χ3v) is 4.36. The van der Waals surface area contributed by atoms with E-state index in [0.29, 0.717) is 0 Å². The number of hydrogen-bond acceptors (Lipinski definition) is 3. The standard InChI is InChI=1S/C20H31NO2/c1-5-20(16-22,21-4)14-13-18-9-11-19(12-10-18)23-15-7-6-8-17(2)3/h9-12,22H,2,4-8,13-16H2,1,3H3. The van der Waals surface area contributed by atoms with Gasteiger partial charge in [0.05, 0.1) is 18.8 Å². The highest BCUT2D eigenvalue weighted by Crippen LogP contribution is 2.23. The monoisotopic (exact) mass is 317 g/mol. The van der Waals surface area contributed by atoms with E-state index < -0.39 is 5.54 Å². The fourth-order valence-electron chi connectivity index (χ4n) is 2.46. The van der Waals surface area contributed by atoms with E-state index in [9.17, 15) is 5.11 Å². The molecule has 128 valence electrons. The van der Waals surface area contributed by atoms with E-state index in [1.165, 1.54) is 11.1 Å². The molecular weight excluding hydrogens is 286 g/mol. The van der Waals surface area contributed by atoms with E-state index in [1.54, 1.807) is 0 Å². The lowest BCUT2D eigenvalue weighted by atomic mass is 9.90. The largest absolute Gasteiger partial charge is 0.494 e. The minimum absolute atomic E-state index is 0.0539. The van der Waals surface area contributed by atoms with Crippen LogP contribution in [-0.2, 0) is 6.42 Å². The smallest absolute Gasteiger partial charge is 0.119 e. The predicted molar refractivity (Wildman–Crippen MR) is 98.6 cm³/mol. The average Bonchev–Trinajstić information content (AvgIpc) is 2.57. The first-order valence-corrected chi connectivity index (χ1v) is 8.50. The van der Waals surface area contributed by atoms with E-state index in [0.717, 1.165) is 50.9 Å². The molecule has 1 atom stereocenters. The highest BCUT2D eigenvalue weighted by atomic mass is 16.5. The number of hydrogen-bond donors (Lipinski definition) is 1. The average molecular weight is 317 g/mol. The van der Waals surface area contributed by atoms with Gasteiger partial charge in [0.2, 0.25) is 0 Å². The van der Waals surface area contributed by atoms with Crippen molar-refractivity contribution in [1.29, 1.82) is 0 Å². The van der Waals surface area contributed by atoms with Crippen LogP contribution >= 0.6 is 0 Å². The Morgan fingerprint density at radius 3 is 2.48 bits per heavy atom. The summed E-state index contributed by atoms with van der Waals surface area (Å²) >= 11 is 0. The van der Waals surface area contributed by atoms with Crippen LogP contribution in [0.2, 0.25) is 0 Å². The second-order valence-corrected chi connectivity index (χ2v) is 6.30. The molecule has 1 unspecified atom stereocenters. The lowest BCUT2D eigenvalue weighted by Gasteiger charge is -2.25. The van der Waals surface area contributed by atoms with Gasteiger partial charge in [0.25, 0.3) is 0 Å². The quantitative estimate of drug-likeness (QED) is 0.348. The van der Waals surface area contributed by atoms with Gasteiger partial charge in [-0.15, -0.1) is 6.58 Å². The van der Waals surface area contributed by atoms with Gasteiger partial charge < -0.3 is 9.84 Å². The predicted octanol–water partition coefficient (Wildman–Crippen LogP) is 4.59. The number of aliphatic hydroxyl groups excluding tert-OH is 1. The van der Waals surface area contributed by atoms with Crippen LogP contribution < -0.4 is 4.74 Å². The van der Waals surface area contributed by atoms with Gasteiger partial charge in [-0.3, -0.25) is 4.99 Å². The number of aliphatic hydroxyl groups is 1. The van der Waals surface area contributed by atoms with Gasteiger partial charge in [0.1, 0.15) is 5.75 Å². The maximum Gasteiger partial charge on any atom is 0.119 e. The highest BCUT2D eigenvalue weighted by molar-refractivity contribution is 5.28. The molecule has 0 fully saturated rings. The lowest BCUT2D eigenvalue weighted by Crippen LogP contribution is -2.30. The molecule has 0 aliphatic heterocycles. The van der Waals surface area contributed by atoms with Crippen molar-refractivity contribution in [3.8, 4) is 5.75 Å². The van der Waals surface area contributed by atoms with Crippen LogP contribution in [0, 0.1) is 0 Å². The van der Waals surface area contributed by atoms with E-state index in [4.69, 9.17) is 4.74 Å². The molecule has 23 heavy (non-hydrogen) atoms. The molecule has 0 saturated carbocycles. The number of rotatable bonds is 12. The van der Waals surface area contributed by atoms with Crippen LogP contribution in [0.15, 0.2) is 41.4 Å². The van der Waals surface area contributed by atoms with Crippen LogP contribution in [0.1, 0.15) is 51.5 Å². The number of benzene rings is 1. The molecular formula is C20H31NO2. The van der Waals surface area contributed by atoms with Crippen molar-refractivity contribution in [2.24, 2.45) is 4.99 Å². The Balaban J connectivity index is 2.38. The maximum atomic E-state index is 9.51. The van der Waals surface area contributed by atoms with Crippen LogP contribution in [0.25, 0.3) is 0 Å². The summed E-state index contributed by atoms with van der Waals surface area (Å²) in [7, 11) is 0. The van der Waals surface area contributed by atoms with E-state index in [2.05, 4.69) is 37.3 Å². The van der Waals surface area contributed by atoms with Crippen LogP contribution in [-0.4, -0.2) is 30.6 Å². The minimum Gasteiger partial charge on any atom is -0.494 e. The van der Waals surface area contributed by atoms with Gasteiger partial charge in [-0.05, 0) is 69.9 Å². The van der Waals surface area contributed by atoms with E-state index >= 15 is 0 Å². The van der Waals surface area contributed by atoms with Gasteiger partial charge in [-0.25, -0.2) is 0 Å². The summed E-state index contributed by atoms with van der Waals surface area (Å²) in [5.74, 6) is 0.912. The number of unbranched alkanes of at least 4 members (excludes halogenated alkanes) is 1. The Bertz CT molecular complexity index is 475. The van der Waals surface area contributed by atoms with Gasteiger partial charge in [-0.2, -0.15) is 0 Å². The molecule has 3 heteroatoms. The fourth-order valence-corrected chi connectivity index (χ4v) is 2.46. The van der Waals surface area contributed by atoms with Crippen molar-refractivity contribution in [3.63, 3.8) is 0 Å². The Morgan fingerprint density at radius 2 is 1.96 bits per heavy atom. The lowest BCUT2D eigenvalue weighted by molar-refractivity contribution is 0.185. The molecule has 0 aliphatic carbocycles. The molecule has 1 N–H and O–H groups in total. The fraction of sp³-hybridized carbons (Fsp3) is 0.550. The first-order valence-electron chi connectivity index (χ1n) is 8.50. The number of allylic oxidation sites excluding steroid dienone is 1. The van der Waals surface area contributed by atoms with Crippen LogP contribution in [0.4, 0.5) is 0 Å².